The van der Waals surface area contributed by atoms with Gasteiger partial charge in [-0.05, 0) is 33.1 Å². The van der Waals surface area contributed by atoms with Crippen molar-refractivity contribution in [2.45, 2.75) is 38.0 Å². The standard InChI is InChI=1S/C21H30N6O5S/c1-15-19(16(2)32-24-15)33(29,30)27-10-4-9-25(13-14-27)20(28)17-6-11-26(12-7-17)21-22-8-5-18(23-21)31-3/h5,8,17H,4,6-7,9-14H2,1-3H3. The normalized spacial score (nSPS) is 18.9. The predicted octanol–water partition coefficient (Wildman–Crippen LogP) is 1.23. The fraction of sp³-hybridized carbons (Fsp3) is 0.619. The molecule has 0 aliphatic carbocycles. The first-order valence-electron chi connectivity index (χ1n) is 11.1. The van der Waals surface area contributed by atoms with Crippen LogP contribution in [0.3, 0.4) is 0 Å². The number of anilines is 1. The van der Waals surface area contributed by atoms with Crippen LogP contribution in [0.25, 0.3) is 0 Å². The number of carbonyl (C=O) groups is 1. The molecule has 12 heteroatoms. The molecule has 2 aromatic rings. The molecule has 2 aromatic heterocycles. The average Bonchev–Trinajstić information content (AvgIpc) is 3.02. The first kappa shape index (κ1) is 23.4. The Kier molecular flexibility index (Phi) is 6.84. The molecule has 2 aliphatic heterocycles. The maximum atomic E-state index is 13.2. The molecule has 0 N–H and O–H groups in total. The highest BCUT2D eigenvalue weighted by Crippen LogP contribution is 2.26. The molecule has 180 valence electrons. The maximum Gasteiger partial charge on any atom is 0.248 e. The second kappa shape index (κ2) is 9.64. The van der Waals surface area contributed by atoms with Gasteiger partial charge in [-0.15, -0.1) is 0 Å². The second-order valence-corrected chi connectivity index (χ2v) is 10.3. The van der Waals surface area contributed by atoms with Gasteiger partial charge in [0.15, 0.2) is 5.76 Å². The molecule has 4 rings (SSSR count). The van der Waals surface area contributed by atoms with Crippen LogP contribution in [0.4, 0.5) is 5.95 Å². The summed E-state index contributed by atoms with van der Waals surface area (Å²) in [5.41, 5.74) is 0.358. The lowest BCUT2D eigenvalue weighted by Crippen LogP contribution is -2.44. The molecule has 0 spiro atoms. The van der Waals surface area contributed by atoms with Crippen molar-refractivity contribution in [3.05, 3.63) is 23.7 Å². The summed E-state index contributed by atoms with van der Waals surface area (Å²) in [5.74, 6) is 1.42. The zero-order valence-electron chi connectivity index (χ0n) is 19.2. The van der Waals surface area contributed by atoms with E-state index in [1.807, 2.05) is 4.90 Å². The van der Waals surface area contributed by atoms with Crippen molar-refractivity contribution < 1.29 is 22.5 Å². The van der Waals surface area contributed by atoms with E-state index in [4.69, 9.17) is 9.26 Å². The Balaban J connectivity index is 1.35. The number of sulfonamides is 1. The Bertz CT molecular complexity index is 1080. The molecule has 2 aliphatic rings. The van der Waals surface area contributed by atoms with Gasteiger partial charge in [0.05, 0.1) is 7.11 Å². The number of methoxy groups -OCH3 is 1. The van der Waals surface area contributed by atoms with E-state index in [1.54, 1.807) is 33.2 Å². The van der Waals surface area contributed by atoms with Crippen molar-refractivity contribution in [1.82, 2.24) is 24.3 Å². The second-order valence-electron chi connectivity index (χ2n) is 8.40. The molecule has 0 saturated carbocycles. The summed E-state index contributed by atoms with van der Waals surface area (Å²) in [6.45, 7) is 6.14. The van der Waals surface area contributed by atoms with Gasteiger partial charge in [-0.3, -0.25) is 4.79 Å². The number of aryl methyl sites for hydroxylation is 2. The van der Waals surface area contributed by atoms with Crippen LogP contribution < -0.4 is 9.64 Å². The number of aromatic nitrogens is 3. The number of hydrogen-bond donors (Lipinski definition) is 0. The van der Waals surface area contributed by atoms with Crippen molar-refractivity contribution in [2.75, 3.05) is 51.3 Å². The van der Waals surface area contributed by atoms with E-state index in [2.05, 4.69) is 20.0 Å². The predicted molar refractivity (Wildman–Crippen MR) is 119 cm³/mol. The lowest BCUT2D eigenvalue weighted by molar-refractivity contribution is -0.136. The summed E-state index contributed by atoms with van der Waals surface area (Å²) in [4.78, 5) is 25.9. The van der Waals surface area contributed by atoms with Crippen LogP contribution in [0.1, 0.15) is 30.7 Å². The lowest BCUT2D eigenvalue weighted by Gasteiger charge is -2.34. The highest BCUT2D eigenvalue weighted by atomic mass is 32.2. The number of carbonyl (C=O) groups excluding carboxylic acids is 1. The first-order valence-corrected chi connectivity index (χ1v) is 12.6. The Hall–Kier alpha value is -2.73. The summed E-state index contributed by atoms with van der Waals surface area (Å²) < 4.78 is 37.9. The molecular weight excluding hydrogens is 448 g/mol. The van der Waals surface area contributed by atoms with Gasteiger partial charge in [0.1, 0.15) is 10.6 Å². The molecule has 4 heterocycles. The summed E-state index contributed by atoms with van der Waals surface area (Å²) in [6, 6.07) is 1.70. The Labute approximate surface area is 193 Å². The Morgan fingerprint density at radius 2 is 1.88 bits per heavy atom. The molecular formula is C21H30N6O5S. The van der Waals surface area contributed by atoms with Gasteiger partial charge in [0, 0.05) is 57.4 Å². The Morgan fingerprint density at radius 3 is 2.55 bits per heavy atom. The Morgan fingerprint density at radius 1 is 1.12 bits per heavy atom. The number of rotatable bonds is 5. The molecule has 0 unspecified atom stereocenters. The molecule has 2 fully saturated rings. The van der Waals surface area contributed by atoms with E-state index in [0.717, 1.165) is 0 Å². The van der Waals surface area contributed by atoms with Crippen LogP contribution in [0.15, 0.2) is 21.7 Å². The highest BCUT2D eigenvalue weighted by molar-refractivity contribution is 7.89. The quantitative estimate of drug-likeness (QED) is 0.624. The number of nitrogens with zero attached hydrogens (tertiary/aromatic N) is 6. The molecule has 1 amide bonds. The third kappa shape index (κ3) is 4.81. The van der Waals surface area contributed by atoms with Crippen molar-refractivity contribution in [3.63, 3.8) is 0 Å². The van der Waals surface area contributed by atoms with Gasteiger partial charge in [-0.25, -0.2) is 13.4 Å². The number of piperidine rings is 1. The molecule has 0 aromatic carbocycles. The molecule has 11 nitrogen and oxygen atoms in total. The van der Waals surface area contributed by atoms with E-state index in [9.17, 15) is 13.2 Å². The minimum atomic E-state index is -3.71. The molecule has 0 atom stereocenters. The smallest absolute Gasteiger partial charge is 0.248 e. The molecule has 33 heavy (non-hydrogen) atoms. The van der Waals surface area contributed by atoms with Gasteiger partial charge in [-0.2, -0.15) is 9.29 Å². The van der Waals surface area contributed by atoms with Gasteiger partial charge in [-0.1, -0.05) is 5.16 Å². The van der Waals surface area contributed by atoms with E-state index >= 15 is 0 Å². The third-order valence-corrected chi connectivity index (χ3v) is 8.43. The average molecular weight is 479 g/mol. The molecule has 0 bridgehead atoms. The van der Waals surface area contributed by atoms with Crippen molar-refractivity contribution >= 4 is 21.9 Å². The van der Waals surface area contributed by atoms with Crippen molar-refractivity contribution in [3.8, 4) is 5.88 Å². The largest absolute Gasteiger partial charge is 0.481 e. The topological polar surface area (TPSA) is 122 Å². The van der Waals surface area contributed by atoms with Crippen LogP contribution in [-0.2, 0) is 14.8 Å². The number of hydrogen-bond acceptors (Lipinski definition) is 9. The van der Waals surface area contributed by atoms with Gasteiger partial charge >= 0.3 is 0 Å². The maximum absolute atomic E-state index is 13.2. The minimum Gasteiger partial charge on any atom is -0.481 e. The molecule has 2 saturated heterocycles. The highest BCUT2D eigenvalue weighted by Gasteiger charge is 2.35. The van der Waals surface area contributed by atoms with Crippen LogP contribution in [0.5, 0.6) is 5.88 Å². The summed E-state index contributed by atoms with van der Waals surface area (Å²) in [5, 5.41) is 3.78. The molecule has 0 radical (unpaired) electrons. The van der Waals surface area contributed by atoms with Crippen LogP contribution in [0.2, 0.25) is 0 Å². The third-order valence-electron chi connectivity index (χ3n) is 6.29. The number of amides is 1. The summed E-state index contributed by atoms with van der Waals surface area (Å²) in [6.07, 6.45) is 3.66. The summed E-state index contributed by atoms with van der Waals surface area (Å²) in [7, 11) is -2.14. The minimum absolute atomic E-state index is 0.0856. The fourth-order valence-electron chi connectivity index (χ4n) is 4.51. The summed E-state index contributed by atoms with van der Waals surface area (Å²) >= 11 is 0. The first-order chi connectivity index (χ1) is 15.8. The lowest BCUT2D eigenvalue weighted by atomic mass is 9.95. The van der Waals surface area contributed by atoms with Crippen molar-refractivity contribution in [2.24, 2.45) is 5.92 Å². The van der Waals surface area contributed by atoms with Gasteiger partial charge < -0.3 is 19.1 Å². The monoisotopic (exact) mass is 478 g/mol. The van der Waals surface area contributed by atoms with Gasteiger partial charge in [0.25, 0.3) is 0 Å². The van der Waals surface area contributed by atoms with Crippen LogP contribution in [0, 0.1) is 19.8 Å². The zero-order chi connectivity index (χ0) is 23.6. The number of ether oxygens (including phenoxy) is 1. The van der Waals surface area contributed by atoms with Crippen LogP contribution in [-0.4, -0.2) is 85.0 Å². The van der Waals surface area contributed by atoms with E-state index < -0.39 is 10.0 Å². The van der Waals surface area contributed by atoms with Crippen molar-refractivity contribution in [1.29, 1.82) is 0 Å². The van der Waals surface area contributed by atoms with E-state index in [0.29, 0.717) is 69.5 Å². The van der Waals surface area contributed by atoms with E-state index in [-0.39, 0.29) is 29.0 Å². The zero-order valence-corrected chi connectivity index (χ0v) is 20.0. The fourth-order valence-corrected chi connectivity index (χ4v) is 6.27. The SMILES string of the molecule is COc1ccnc(N2CCC(C(=O)N3CCCN(S(=O)(=O)c4c(C)noc4C)CC3)CC2)n1. The van der Waals surface area contributed by atoms with Gasteiger partial charge in [0.2, 0.25) is 27.8 Å². The van der Waals surface area contributed by atoms with Crippen LogP contribution >= 0.6 is 0 Å². The van der Waals surface area contributed by atoms with E-state index in [1.165, 1.54) is 4.31 Å².